The second kappa shape index (κ2) is 12.4. The number of nitrogens with zero attached hydrogens (tertiary/aromatic N) is 3. The molecule has 2 aliphatic rings. The van der Waals surface area contributed by atoms with Gasteiger partial charge in [0, 0.05) is 29.3 Å². The lowest BCUT2D eigenvalue weighted by Crippen LogP contribution is -2.56. The molecule has 0 radical (unpaired) electrons. The lowest BCUT2D eigenvalue weighted by atomic mass is 10.1. The van der Waals surface area contributed by atoms with Gasteiger partial charge in [-0.25, -0.2) is 9.97 Å². The van der Waals surface area contributed by atoms with E-state index < -0.39 is 0 Å². The van der Waals surface area contributed by atoms with Crippen LogP contribution in [0.3, 0.4) is 0 Å². The van der Waals surface area contributed by atoms with E-state index in [1.54, 1.807) is 7.11 Å². The number of morpholine rings is 2. The third kappa shape index (κ3) is 6.58. The van der Waals surface area contributed by atoms with E-state index in [4.69, 9.17) is 30.5 Å². The largest absolute Gasteiger partial charge is 0.493 e. The number of benzene rings is 1. The summed E-state index contributed by atoms with van der Waals surface area (Å²) in [5, 5.41) is 3.95. The van der Waals surface area contributed by atoms with Crippen molar-refractivity contribution in [1.82, 2.24) is 14.9 Å². The molecule has 1 aromatic heterocycles. The normalized spacial score (nSPS) is 19.7. The van der Waals surface area contributed by atoms with Crippen LogP contribution in [0.4, 0.5) is 11.5 Å². The number of anilines is 2. The van der Waals surface area contributed by atoms with Gasteiger partial charge in [-0.1, -0.05) is 27.5 Å². The second-order valence-corrected chi connectivity index (χ2v) is 10.1. The first-order chi connectivity index (χ1) is 17.4. The van der Waals surface area contributed by atoms with Crippen LogP contribution < -0.4 is 14.8 Å². The van der Waals surface area contributed by atoms with Crippen molar-refractivity contribution >= 4 is 39.0 Å². The molecule has 1 N–H and O–H groups in total. The molecule has 0 aliphatic carbocycles. The van der Waals surface area contributed by atoms with E-state index in [-0.39, 0.29) is 6.10 Å². The molecule has 2 saturated heterocycles. The zero-order valence-electron chi connectivity index (χ0n) is 21.0. The molecule has 4 rings (SSSR count). The summed E-state index contributed by atoms with van der Waals surface area (Å²) in [5.41, 5.74) is 3.24. The van der Waals surface area contributed by atoms with Crippen LogP contribution in [0.1, 0.15) is 16.8 Å². The first-order valence-electron chi connectivity index (χ1n) is 11.9. The highest BCUT2D eigenvalue weighted by Gasteiger charge is 2.31. The lowest BCUT2D eigenvalue weighted by Gasteiger charge is -2.41. The number of aromatic nitrogens is 2. The van der Waals surface area contributed by atoms with Crippen molar-refractivity contribution < 1.29 is 18.9 Å². The van der Waals surface area contributed by atoms with Crippen LogP contribution >= 0.6 is 27.5 Å². The lowest BCUT2D eigenvalue weighted by molar-refractivity contribution is -0.124. The molecule has 10 heteroatoms. The van der Waals surface area contributed by atoms with Gasteiger partial charge < -0.3 is 24.3 Å². The Morgan fingerprint density at radius 3 is 2.81 bits per heavy atom. The van der Waals surface area contributed by atoms with Gasteiger partial charge in [-0.2, -0.15) is 0 Å². The second-order valence-electron chi connectivity index (χ2n) is 8.92. The van der Waals surface area contributed by atoms with Gasteiger partial charge in [0.25, 0.3) is 0 Å². The monoisotopic (exact) mass is 578 g/mol. The van der Waals surface area contributed by atoms with Crippen LogP contribution in [0, 0.1) is 20.8 Å². The van der Waals surface area contributed by atoms with Gasteiger partial charge in [0.2, 0.25) is 0 Å². The van der Waals surface area contributed by atoms with Crippen LogP contribution in [-0.2, 0) is 9.47 Å². The van der Waals surface area contributed by atoms with Crippen LogP contribution in [0.5, 0.6) is 11.5 Å². The summed E-state index contributed by atoms with van der Waals surface area (Å²) in [4.78, 5) is 11.4. The van der Waals surface area contributed by atoms with E-state index in [1.165, 1.54) is 6.33 Å². The van der Waals surface area contributed by atoms with Gasteiger partial charge >= 0.3 is 0 Å². The average Bonchev–Trinajstić information content (AvgIpc) is 2.88. The molecule has 2 aliphatic heterocycles. The van der Waals surface area contributed by atoms with E-state index in [2.05, 4.69) is 36.1 Å². The minimum absolute atomic E-state index is 0.0378. The maximum absolute atomic E-state index is 6.57. The van der Waals surface area contributed by atoms with Gasteiger partial charge in [0.05, 0.1) is 43.7 Å². The zero-order chi connectivity index (χ0) is 25.7. The minimum Gasteiger partial charge on any atom is -0.493 e. The molecule has 0 amide bonds. The quantitative estimate of drug-likeness (QED) is 0.502. The predicted octanol–water partition coefficient (Wildman–Crippen LogP) is 5.17. The molecular formula is C26H32BrClN4O4. The fraction of sp³-hybridized carbons (Fsp3) is 0.462. The van der Waals surface area contributed by atoms with Gasteiger partial charge in [-0.15, -0.1) is 0 Å². The van der Waals surface area contributed by atoms with Crippen LogP contribution in [0.15, 0.2) is 35.1 Å². The zero-order valence-corrected chi connectivity index (χ0v) is 23.4. The number of ether oxygens (including phenoxy) is 4. The predicted molar refractivity (Wildman–Crippen MR) is 144 cm³/mol. The van der Waals surface area contributed by atoms with E-state index >= 15 is 0 Å². The maximum atomic E-state index is 6.57. The summed E-state index contributed by atoms with van der Waals surface area (Å²) >= 11 is 10.1. The Morgan fingerprint density at radius 2 is 2.00 bits per heavy atom. The summed E-state index contributed by atoms with van der Waals surface area (Å²) in [5.74, 6) is 1.74. The Hall–Kier alpha value is -2.17. The Morgan fingerprint density at radius 1 is 1.17 bits per heavy atom. The highest BCUT2D eigenvalue weighted by molar-refractivity contribution is 9.10. The first kappa shape index (κ1) is 26.9. The van der Waals surface area contributed by atoms with Crippen molar-refractivity contribution in [3.8, 4) is 11.5 Å². The van der Waals surface area contributed by atoms with E-state index in [9.17, 15) is 0 Å². The first-order valence-corrected chi connectivity index (χ1v) is 13.1. The van der Waals surface area contributed by atoms with Crippen LogP contribution in [0.25, 0.3) is 0 Å². The van der Waals surface area contributed by atoms with Crippen molar-refractivity contribution in [1.29, 1.82) is 0 Å². The standard InChI is InChI=1S/C26H32BrClN4O4/c1-16-9-23(33-4)24(36-14-20-11-32-7-8-34-12-19(32)13-35-20)10-17(2)29-15-30-26(16)31-22-6-5-21(27)18(3)25(22)28/h5-6,9-10,15,19-20H,7-8,11-14H2,1-4H3,(H,29,30,31)/t19-,20+/m0/s1. The third-order valence-electron chi connectivity index (χ3n) is 6.28. The van der Waals surface area contributed by atoms with Crippen LogP contribution in [-0.4, -0.2) is 73.6 Å². The highest BCUT2D eigenvalue weighted by atomic mass is 79.9. The molecule has 0 spiro atoms. The topological polar surface area (TPSA) is 78.0 Å². The molecule has 0 unspecified atom stereocenters. The molecule has 2 atom stereocenters. The Labute approximate surface area is 225 Å². The van der Waals surface area contributed by atoms with Crippen molar-refractivity contribution in [2.75, 3.05) is 51.9 Å². The van der Waals surface area contributed by atoms with E-state index in [0.717, 1.165) is 53.3 Å². The van der Waals surface area contributed by atoms with E-state index in [0.29, 0.717) is 41.6 Å². The highest BCUT2D eigenvalue weighted by Crippen LogP contribution is 2.34. The number of rotatable bonds is 6. The molecule has 1 aromatic carbocycles. The summed E-state index contributed by atoms with van der Waals surface area (Å²) in [6.45, 7) is 10.0. The number of fused-ring (bicyclic) bond motifs is 1. The smallest absolute Gasteiger partial charge is 0.163 e. The molecule has 0 saturated carbocycles. The van der Waals surface area contributed by atoms with Gasteiger partial charge in [-0.05, 0) is 50.1 Å². The molecule has 8 nitrogen and oxygen atoms in total. The van der Waals surface area contributed by atoms with E-state index in [1.807, 2.05) is 45.0 Å². The molecule has 2 fully saturated rings. The summed E-state index contributed by atoms with van der Waals surface area (Å²) < 4.78 is 24.5. The fourth-order valence-corrected chi connectivity index (χ4v) is 4.79. The van der Waals surface area contributed by atoms with Crippen LogP contribution in [0.2, 0.25) is 5.02 Å². The summed E-state index contributed by atoms with van der Waals surface area (Å²) in [7, 11) is 1.62. The molecule has 3 heterocycles. The number of nitrogens with one attached hydrogen (secondary N) is 1. The Kier molecular flexibility index (Phi) is 9.25. The summed E-state index contributed by atoms with van der Waals surface area (Å²) in [6.07, 6.45) is 1.48. The minimum atomic E-state index is -0.0378. The number of halogens is 2. The molecule has 2 aromatic rings. The number of methoxy groups -OCH3 is 1. The van der Waals surface area contributed by atoms with Gasteiger partial charge in [-0.3, -0.25) is 4.90 Å². The third-order valence-corrected chi connectivity index (χ3v) is 7.63. The fourth-order valence-electron chi connectivity index (χ4n) is 4.13. The molecule has 36 heavy (non-hydrogen) atoms. The Balaban J connectivity index is 1.60. The molecule has 194 valence electrons. The van der Waals surface area contributed by atoms with Gasteiger partial charge in [0.1, 0.15) is 24.9 Å². The van der Waals surface area contributed by atoms with Crippen molar-refractivity contribution in [2.45, 2.75) is 32.9 Å². The average molecular weight is 580 g/mol. The Bertz CT molecular complexity index is 1150. The molecule has 0 bridgehead atoms. The number of aryl methyl sites for hydroxylation is 2. The van der Waals surface area contributed by atoms with Crippen molar-refractivity contribution in [3.05, 3.63) is 56.9 Å². The summed E-state index contributed by atoms with van der Waals surface area (Å²) in [6, 6.07) is 7.92. The number of hydrogen-bond acceptors (Lipinski definition) is 8. The van der Waals surface area contributed by atoms with Gasteiger partial charge in [0.15, 0.2) is 11.5 Å². The van der Waals surface area contributed by atoms with Crippen molar-refractivity contribution in [2.24, 2.45) is 0 Å². The molecular weight excluding hydrogens is 548 g/mol. The number of hydrogen-bond donors (Lipinski definition) is 1. The maximum Gasteiger partial charge on any atom is 0.163 e. The SMILES string of the molecule is COc1cc(C)c(Nc2ccc(Br)c(C)c2Cl)ncnc(C)cc1OC[C@H]1CN2CCOC[C@H]2CO1. The van der Waals surface area contributed by atoms with Crippen molar-refractivity contribution in [3.63, 3.8) is 0 Å².